The van der Waals surface area contributed by atoms with Gasteiger partial charge < -0.3 is 14.8 Å². The summed E-state index contributed by atoms with van der Waals surface area (Å²) in [5.74, 6) is -1.39. The van der Waals surface area contributed by atoms with E-state index in [1.54, 1.807) is 11.8 Å². The average molecular weight is 494 g/mol. The lowest BCUT2D eigenvalue weighted by atomic mass is 9.69. The smallest absolute Gasteiger partial charge is 0.336 e. The SMILES string of the molecule is CCSCCOC(=O)C1=C(C)NC2=C(C(=O)[C@H](C(=O)OC)[C@@H](C)C2)[C@@H]1c1ccc2ccccc2c1. The van der Waals surface area contributed by atoms with E-state index in [2.05, 4.69) is 12.2 Å². The Kier molecular flexibility index (Phi) is 7.65. The number of methoxy groups -OCH3 is 1. The van der Waals surface area contributed by atoms with E-state index in [1.165, 1.54) is 7.11 Å². The van der Waals surface area contributed by atoms with Gasteiger partial charge in [-0.3, -0.25) is 9.59 Å². The van der Waals surface area contributed by atoms with Gasteiger partial charge in [0.1, 0.15) is 12.5 Å². The molecule has 0 saturated carbocycles. The highest BCUT2D eigenvalue weighted by atomic mass is 32.2. The van der Waals surface area contributed by atoms with Crippen LogP contribution in [-0.4, -0.2) is 42.9 Å². The zero-order chi connectivity index (χ0) is 25.1. The molecule has 2 aromatic rings. The Hall–Kier alpha value is -3.06. The molecule has 0 saturated heterocycles. The summed E-state index contributed by atoms with van der Waals surface area (Å²) in [7, 11) is 1.30. The first kappa shape index (κ1) is 25.0. The van der Waals surface area contributed by atoms with Crippen molar-refractivity contribution in [3.63, 3.8) is 0 Å². The van der Waals surface area contributed by atoms with E-state index >= 15 is 0 Å². The Morgan fingerprint density at radius 3 is 2.60 bits per heavy atom. The second-order valence-electron chi connectivity index (χ2n) is 8.97. The molecule has 0 radical (unpaired) electrons. The molecule has 2 aliphatic rings. The molecule has 0 bridgehead atoms. The Morgan fingerprint density at radius 2 is 1.89 bits per heavy atom. The molecular weight excluding hydrogens is 462 g/mol. The highest BCUT2D eigenvalue weighted by Crippen LogP contribution is 2.45. The third kappa shape index (κ3) is 4.87. The quantitative estimate of drug-likeness (QED) is 0.339. The molecular formula is C28H31NO5S. The van der Waals surface area contributed by atoms with Crippen LogP contribution < -0.4 is 5.32 Å². The number of thioether (sulfide) groups is 1. The minimum atomic E-state index is -0.903. The van der Waals surface area contributed by atoms with Crippen molar-refractivity contribution >= 4 is 40.3 Å². The number of hydrogen-bond donors (Lipinski definition) is 1. The molecule has 4 rings (SSSR count). The number of fused-ring (bicyclic) bond motifs is 1. The Bertz CT molecular complexity index is 1230. The maximum atomic E-state index is 13.8. The van der Waals surface area contributed by atoms with E-state index < -0.39 is 23.8 Å². The molecule has 1 aliphatic heterocycles. The maximum Gasteiger partial charge on any atom is 0.336 e. The normalized spacial score (nSPS) is 22.1. The van der Waals surface area contributed by atoms with Crippen molar-refractivity contribution in [3.8, 4) is 0 Å². The van der Waals surface area contributed by atoms with Crippen molar-refractivity contribution < 1.29 is 23.9 Å². The number of carbonyl (C=O) groups is 3. The van der Waals surface area contributed by atoms with Crippen molar-refractivity contribution in [2.75, 3.05) is 25.2 Å². The molecule has 0 unspecified atom stereocenters. The number of ether oxygens (including phenoxy) is 2. The number of Topliss-reactive ketones (excluding diaryl/α,β-unsaturated/α-hetero) is 1. The summed E-state index contributed by atoms with van der Waals surface area (Å²) < 4.78 is 10.6. The topological polar surface area (TPSA) is 81.7 Å². The van der Waals surface area contributed by atoms with Crippen LogP contribution in [0.3, 0.4) is 0 Å². The Morgan fingerprint density at radius 1 is 1.14 bits per heavy atom. The lowest BCUT2D eigenvalue weighted by Gasteiger charge is -2.38. The molecule has 2 aromatic carbocycles. The van der Waals surface area contributed by atoms with Crippen LogP contribution in [0.15, 0.2) is 65.0 Å². The molecule has 1 aliphatic carbocycles. The number of rotatable bonds is 7. The second kappa shape index (κ2) is 10.7. The zero-order valence-corrected chi connectivity index (χ0v) is 21.4. The van der Waals surface area contributed by atoms with Crippen LogP contribution in [0.5, 0.6) is 0 Å². The van der Waals surface area contributed by atoms with Crippen molar-refractivity contribution in [3.05, 3.63) is 70.6 Å². The molecule has 1 heterocycles. The lowest BCUT2D eigenvalue weighted by molar-refractivity contribution is -0.151. The number of carbonyl (C=O) groups excluding carboxylic acids is 3. The molecule has 0 spiro atoms. The predicted molar refractivity (Wildman–Crippen MR) is 138 cm³/mol. The van der Waals surface area contributed by atoms with Crippen LogP contribution >= 0.6 is 11.8 Å². The number of dihydropyridines is 1. The van der Waals surface area contributed by atoms with Gasteiger partial charge >= 0.3 is 11.9 Å². The van der Waals surface area contributed by atoms with Crippen molar-refractivity contribution in [2.24, 2.45) is 11.8 Å². The first-order valence-electron chi connectivity index (χ1n) is 11.9. The van der Waals surface area contributed by atoms with Gasteiger partial charge in [0.05, 0.1) is 12.7 Å². The molecule has 3 atom stereocenters. The van der Waals surface area contributed by atoms with E-state index in [4.69, 9.17) is 9.47 Å². The number of esters is 2. The van der Waals surface area contributed by atoms with Crippen LogP contribution in [0.1, 0.15) is 38.7 Å². The van der Waals surface area contributed by atoms with Crippen LogP contribution in [0.4, 0.5) is 0 Å². The maximum absolute atomic E-state index is 13.8. The van der Waals surface area contributed by atoms with Crippen LogP contribution in [0, 0.1) is 11.8 Å². The fourth-order valence-corrected chi connectivity index (χ4v) is 5.58. The summed E-state index contributed by atoms with van der Waals surface area (Å²) in [6.07, 6.45) is 0.512. The van der Waals surface area contributed by atoms with E-state index in [9.17, 15) is 14.4 Å². The van der Waals surface area contributed by atoms with Gasteiger partial charge in [0.25, 0.3) is 0 Å². The Labute approximate surface area is 210 Å². The summed E-state index contributed by atoms with van der Waals surface area (Å²) in [5.41, 5.74) is 3.11. The highest BCUT2D eigenvalue weighted by molar-refractivity contribution is 7.99. The highest BCUT2D eigenvalue weighted by Gasteiger charge is 2.47. The molecule has 0 amide bonds. The van der Waals surface area contributed by atoms with Crippen molar-refractivity contribution in [1.82, 2.24) is 5.32 Å². The van der Waals surface area contributed by atoms with Crippen LogP contribution in [0.2, 0.25) is 0 Å². The van der Waals surface area contributed by atoms with Crippen molar-refractivity contribution in [1.29, 1.82) is 0 Å². The summed E-state index contributed by atoms with van der Waals surface area (Å²) in [6, 6.07) is 13.9. The number of nitrogens with one attached hydrogen (secondary N) is 1. The summed E-state index contributed by atoms with van der Waals surface area (Å²) in [6.45, 7) is 6.07. The van der Waals surface area contributed by atoms with Gasteiger partial charge in [0.15, 0.2) is 5.78 Å². The molecule has 7 heteroatoms. The second-order valence-corrected chi connectivity index (χ2v) is 10.4. The summed E-state index contributed by atoms with van der Waals surface area (Å²) in [5, 5.41) is 5.38. The van der Waals surface area contributed by atoms with Crippen molar-refractivity contribution in [2.45, 2.75) is 33.1 Å². The summed E-state index contributed by atoms with van der Waals surface area (Å²) >= 11 is 1.70. The van der Waals surface area contributed by atoms with Gasteiger partial charge in [-0.15, -0.1) is 0 Å². The number of benzene rings is 2. The standard InChI is InChI=1S/C28H31NO5S/c1-5-35-13-12-34-28(32)23-17(3)29-21-14-16(2)22(27(31)33-4)26(30)25(21)24(23)20-11-10-18-8-6-7-9-19(18)15-20/h6-11,15-16,22,24,29H,5,12-14H2,1-4H3/t16-,22+,24+/m0/s1. The van der Waals surface area contributed by atoms with E-state index in [0.717, 1.165) is 27.8 Å². The first-order valence-corrected chi connectivity index (χ1v) is 13.1. The average Bonchev–Trinajstić information content (AvgIpc) is 2.85. The largest absolute Gasteiger partial charge is 0.468 e. The van der Waals surface area contributed by atoms with Crippen LogP contribution in [0.25, 0.3) is 10.8 Å². The molecule has 35 heavy (non-hydrogen) atoms. The first-order chi connectivity index (χ1) is 16.9. The van der Waals surface area contributed by atoms with E-state index in [-0.39, 0.29) is 11.7 Å². The zero-order valence-electron chi connectivity index (χ0n) is 20.6. The predicted octanol–water partition coefficient (Wildman–Crippen LogP) is 4.75. The van der Waals surface area contributed by atoms with E-state index in [1.807, 2.05) is 56.3 Å². The molecule has 0 fully saturated rings. The third-order valence-corrected chi connectivity index (χ3v) is 7.60. The fraction of sp³-hybridized carbons (Fsp3) is 0.393. The van der Waals surface area contributed by atoms with Crippen LogP contribution in [-0.2, 0) is 23.9 Å². The van der Waals surface area contributed by atoms with Gasteiger partial charge in [0, 0.05) is 28.6 Å². The number of ketones is 1. The van der Waals surface area contributed by atoms with Gasteiger partial charge in [-0.25, -0.2) is 4.79 Å². The van der Waals surface area contributed by atoms with Gasteiger partial charge in [-0.2, -0.15) is 11.8 Å². The van der Waals surface area contributed by atoms with Gasteiger partial charge in [-0.05, 0) is 41.4 Å². The molecule has 0 aromatic heterocycles. The minimum absolute atomic E-state index is 0.217. The monoisotopic (exact) mass is 493 g/mol. The number of allylic oxidation sites excluding steroid dienone is 3. The lowest BCUT2D eigenvalue weighted by Crippen LogP contribution is -2.43. The van der Waals surface area contributed by atoms with Gasteiger partial charge in [-0.1, -0.05) is 56.3 Å². The van der Waals surface area contributed by atoms with Gasteiger partial charge in [0.2, 0.25) is 0 Å². The molecule has 184 valence electrons. The molecule has 6 nitrogen and oxygen atoms in total. The van der Waals surface area contributed by atoms with E-state index in [0.29, 0.717) is 35.6 Å². The minimum Gasteiger partial charge on any atom is -0.468 e. The Balaban J connectivity index is 1.82. The number of hydrogen-bond acceptors (Lipinski definition) is 7. The fourth-order valence-electron chi connectivity index (χ4n) is 5.09. The summed E-state index contributed by atoms with van der Waals surface area (Å²) in [4.78, 5) is 39.8. The third-order valence-electron chi connectivity index (χ3n) is 6.73. The molecule has 1 N–H and O–H groups in total.